The van der Waals surface area contributed by atoms with Crippen LogP contribution in [0.15, 0.2) is 61.3 Å². The number of rotatable bonds is 34. The number of hydrogen-bond acceptors (Lipinski definition) is 6. The average molecular weight is 695 g/mol. The predicted octanol–water partition coefficient (Wildman–Crippen LogP) is 11.0. The second kappa shape index (κ2) is 34.6. The number of carbonyl (C=O) groups is 2. The molecule has 0 aromatic heterocycles. The van der Waals surface area contributed by atoms with Crippen LogP contribution in [0.2, 0.25) is 0 Å². The lowest BCUT2D eigenvalue weighted by molar-refractivity contribution is -0.161. The van der Waals surface area contributed by atoms with Crippen molar-refractivity contribution in [3.8, 4) is 0 Å². The van der Waals surface area contributed by atoms with E-state index in [0.717, 1.165) is 64.2 Å². The Labute approximate surface area is 292 Å². The van der Waals surface area contributed by atoms with Crippen LogP contribution in [-0.4, -0.2) is 41.0 Å². The van der Waals surface area contributed by atoms with Gasteiger partial charge in [-0.2, -0.15) is 0 Å². The van der Waals surface area contributed by atoms with E-state index in [1.54, 1.807) is 0 Å². The van der Waals surface area contributed by atoms with E-state index >= 15 is 0 Å². The second-order valence-electron chi connectivity index (χ2n) is 12.3. The number of hydrogen-bond donors (Lipinski definition) is 2. The van der Waals surface area contributed by atoms with Crippen LogP contribution in [0, 0.1) is 0 Å². The number of esters is 2. The Hall–Kier alpha value is -2.25. The summed E-state index contributed by atoms with van der Waals surface area (Å²) in [6.07, 6.45) is 41.2. The van der Waals surface area contributed by atoms with E-state index in [1.165, 1.54) is 64.2 Å². The third-order valence-corrected chi connectivity index (χ3v) is 8.25. The van der Waals surface area contributed by atoms with Crippen molar-refractivity contribution in [1.29, 1.82) is 0 Å². The number of allylic oxidation sites excluding steroid dienone is 9. The molecule has 0 aliphatic heterocycles. The van der Waals surface area contributed by atoms with Crippen LogP contribution in [0.3, 0.4) is 0 Å². The highest BCUT2D eigenvalue weighted by Crippen LogP contribution is 2.36. The van der Waals surface area contributed by atoms with Gasteiger partial charge in [-0.3, -0.25) is 14.1 Å². The number of phosphoric ester groups is 1. The number of phosphoric acid groups is 1. The zero-order chi connectivity index (χ0) is 35.4. The van der Waals surface area contributed by atoms with Gasteiger partial charge in [-0.05, 0) is 44.9 Å². The molecule has 48 heavy (non-hydrogen) atoms. The summed E-state index contributed by atoms with van der Waals surface area (Å²) in [4.78, 5) is 42.7. The molecule has 0 bridgehead atoms. The van der Waals surface area contributed by atoms with E-state index in [4.69, 9.17) is 19.3 Å². The Morgan fingerprint density at radius 1 is 0.604 bits per heavy atom. The highest BCUT2D eigenvalue weighted by atomic mass is 31.2. The molecule has 0 rings (SSSR count). The van der Waals surface area contributed by atoms with E-state index < -0.39 is 32.5 Å². The van der Waals surface area contributed by atoms with Gasteiger partial charge in [-0.15, -0.1) is 6.58 Å². The van der Waals surface area contributed by atoms with Gasteiger partial charge in [0, 0.05) is 12.8 Å². The Bertz CT molecular complexity index is 950. The van der Waals surface area contributed by atoms with Crippen molar-refractivity contribution in [2.45, 2.75) is 161 Å². The van der Waals surface area contributed by atoms with Gasteiger partial charge >= 0.3 is 19.8 Å². The summed E-state index contributed by atoms with van der Waals surface area (Å²) >= 11 is 0. The molecule has 2 N–H and O–H groups in total. The third-order valence-electron chi connectivity index (χ3n) is 7.76. The van der Waals surface area contributed by atoms with Crippen molar-refractivity contribution in [2.24, 2.45) is 0 Å². The van der Waals surface area contributed by atoms with Crippen LogP contribution in [0.4, 0.5) is 0 Å². The second-order valence-corrected chi connectivity index (χ2v) is 13.6. The van der Waals surface area contributed by atoms with Crippen molar-refractivity contribution in [1.82, 2.24) is 0 Å². The van der Waals surface area contributed by atoms with E-state index in [0.29, 0.717) is 6.42 Å². The summed E-state index contributed by atoms with van der Waals surface area (Å²) in [5, 5.41) is 0. The highest BCUT2D eigenvalue weighted by molar-refractivity contribution is 7.46. The largest absolute Gasteiger partial charge is 0.469 e. The summed E-state index contributed by atoms with van der Waals surface area (Å²) in [7, 11) is -4.76. The summed E-state index contributed by atoms with van der Waals surface area (Å²) in [6.45, 7) is 5.02. The van der Waals surface area contributed by atoms with E-state index in [-0.39, 0.29) is 19.4 Å². The molecule has 0 saturated carbocycles. The highest BCUT2D eigenvalue weighted by Gasteiger charge is 2.22. The zero-order valence-electron chi connectivity index (χ0n) is 29.9. The summed E-state index contributed by atoms with van der Waals surface area (Å²) in [5.41, 5.74) is 0. The van der Waals surface area contributed by atoms with Crippen molar-refractivity contribution in [3.63, 3.8) is 0 Å². The molecule has 0 aliphatic rings. The lowest BCUT2D eigenvalue weighted by Crippen LogP contribution is -2.29. The van der Waals surface area contributed by atoms with Crippen LogP contribution in [0.25, 0.3) is 0 Å². The van der Waals surface area contributed by atoms with Crippen molar-refractivity contribution in [3.05, 3.63) is 61.3 Å². The maximum atomic E-state index is 12.3. The quantitative estimate of drug-likeness (QED) is 0.0224. The number of carbonyl (C=O) groups excluding carboxylic acids is 2. The molecular formula is C39H67O8P. The molecule has 8 nitrogen and oxygen atoms in total. The van der Waals surface area contributed by atoms with E-state index in [2.05, 4.69) is 30.2 Å². The van der Waals surface area contributed by atoms with Crippen LogP contribution in [-0.2, 0) is 28.2 Å². The topological polar surface area (TPSA) is 119 Å². The first-order valence-corrected chi connectivity index (χ1v) is 20.1. The fourth-order valence-corrected chi connectivity index (χ4v) is 5.37. The molecule has 0 aromatic carbocycles. The van der Waals surface area contributed by atoms with Gasteiger partial charge in [-0.1, -0.05) is 151 Å². The molecule has 0 heterocycles. The summed E-state index contributed by atoms with van der Waals surface area (Å²) in [6, 6.07) is 0. The minimum absolute atomic E-state index is 0.183. The number of unbranched alkanes of at least 4 members (excludes halogenated alkanes) is 18. The fraction of sp³-hybridized carbons (Fsp3) is 0.692. The van der Waals surface area contributed by atoms with Crippen LogP contribution in [0.5, 0.6) is 0 Å². The van der Waals surface area contributed by atoms with Gasteiger partial charge in [0.15, 0.2) is 6.10 Å². The first kappa shape index (κ1) is 45.8. The van der Waals surface area contributed by atoms with E-state index in [1.807, 2.05) is 42.5 Å². The van der Waals surface area contributed by atoms with Crippen LogP contribution >= 0.6 is 7.82 Å². The van der Waals surface area contributed by atoms with Crippen molar-refractivity contribution >= 4 is 19.8 Å². The van der Waals surface area contributed by atoms with Gasteiger partial charge in [0.25, 0.3) is 0 Å². The normalized spacial score (nSPS) is 12.9. The summed E-state index contributed by atoms with van der Waals surface area (Å²) in [5.74, 6) is -0.919. The SMILES string of the molecule is C=CCCCCCCCCCCCCCCCC(=O)OC[C@H](COP(=O)(O)O)OC(=O)CCCCCCC/C=C/C=C/C=C/C=C/CC. The van der Waals surface area contributed by atoms with Gasteiger partial charge in [0.1, 0.15) is 6.61 Å². The molecule has 276 valence electrons. The summed E-state index contributed by atoms with van der Waals surface area (Å²) < 4.78 is 26.3. The first-order chi connectivity index (χ1) is 23.3. The smallest absolute Gasteiger partial charge is 0.462 e. The first-order valence-electron chi connectivity index (χ1n) is 18.6. The lowest BCUT2D eigenvalue weighted by atomic mass is 10.0. The van der Waals surface area contributed by atoms with Crippen LogP contribution in [0.1, 0.15) is 155 Å². The van der Waals surface area contributed by atoms with Gasteiger partial charge in [-0.25, -0.2) is 4.57 Å². The number of ether oxygens (including phenoxy) is 2. The molecule has 0 unspecified atom stereocenters. The molecule has 0 spiro atoms. The van der Waals surface area contributed by atoms with Crippen LogP contribution < -0.4 is 0 Å². The molecule has 9 heteroatoms. The zero-order valence-corrected chi connectivity index (χ0v) is 30.8. The maximum absolute atomic E-state index is 12.3. The third kappa shape index (κ3) is 36.6. The molecule has 0 aromatic rings. The van der Waals surface area contributed by atoms with E-state index in [9.17, 15) is 14.2 Å². The van der Waals surface area contributed by atoms with Gasteiger partial charge in [0.2, 0.25) is 0 Å². The minimum Gasteiger partial charge on any atom is -0.462 e. The maximum Gasteiger partial charge on any atom is 0.469 e. The Morgan fingerprint density at radius 3 is 1.54 bits per heavy atom. The molecule has 0 aliphatic carbocycles. The molecule has 0 amide bonds. The monoisotopic (exact) mass is 694 g/mol. The van der Waals surface area contributed by atoms with Crippen molar-refractivity contribution < 1.29 is 37.9 Å². The molecule has 1 atom stereocenters. The Morgan fingerprint density at radius 2 is 1.04 bits per heavy atom. The van der Waals surface area contributed by atoms with Gasteiger partial charge in [0.05, 0.1) is 6.61 Å². The molecular weight excluding hydrogens is 627 g/mol. The Balaban J connectivity index is 4.00. The average Bonchev–Trinajstić information content (AvgIpc) is 3.05. The molecule has 0 saturated heterocycles. The van der Waals surface area contributed by atoms with Crippen molar-refractivity contribution in [2.75, 3.05) is 13.2 Å². The molecule has 0 fully saturated rings. The predicted molar refractivity (Wildman–Crippen MR) is 197 cm³/mol. The Kier molecular flexibility index (Phi) is 33.0. The standard InChI is InChI=1S/C39H67O8P/c1-3-5-7-9-11-13-15-17-19-21-23-25-27-29-31-33-38(40)45-35-37(36-46-48(42,43)44)47-39(41)34-32-30-28-26-24-22-20-18-16-14-12-10-8-6-4-2/h3,6,8,10,12,14,16,18,20,37H,1,4-5,7,9,11,13,15,17,19,21-36H2,2H3,(H2,42,43,44)/b8-6+,12-10+,16-14+,20-18+/t37-/m1/s1. The van der Waals surface area contributed by atoms with Gasteiger partial charge < -0.3 is 19.3 Å². The minimum atomic E-state index is -4.76. The lowest BCUT2D eigenvalue weighted by Gasteiger charge is -2.18. The fourth-order valence-electron chi connectivity index (χ4n) is 5.01. The molecule has 0 radical (unpaired) electrons.